The number of carbonyl (C=O) groups is 2. The largest absolute Gasteiger partial charge is 0.493 e. The monoisotopic (exact) mass is 495 g/mol. The maximum Gasteiger partial charge on any atom is 0.422 e. The molecule has 0 aliphatic carbocycles. The number of hydrogen-bond acceptors (Lipinski definition) is 11. The molecule has 11 nitrogen and oxygen atoms in total. The van der Waals surface area contributed by atoms with Crippen LogP contribution in [0.2, 0.25) is 0 Å². The Balaban J connectivity index is 1.64. The van der Waals surface area contributed by atoms with Gasteiger partial charge >= 0.3 is 17.8 Å². The summed E-state index contributed by atoms with van der Waals surface area (Å²) in [5, 5.41) is 13.3. The third-order valence-corrected chi connectivity index (χ3v) is 5.99. The number of para-hydroxylation sites is 1. The van der Waals surface area contributed by atoms with Gasteiger partial charge in [0.1, 0.15) is 19.0 Å². The lowest BCUT2D eigenvalue weighted by molar-refractivity contribution is -0.240. The summed E-state index contributed by atoms with van der Waals surface area (Å²) < 4.78 is 49.8. The molecule has 2 N–H and O–H groups in total. The molecule has 2 aromatic carbocycles. The van der Waals surface area contributed by atoms with Crippen LogP contribution >= 0.6 is 0 Å². The first kappa shape index (κ1) is 25.3. The number of aliphatic hydroxyl groups excluding tert-OH is 1. The van der Waals surface area contributed by atoms with E-state index in [2.05, 4.69) is 5.32 Å². The number of aliphatic hydroxyl groups is 1. The van der Waals surface area contributed by atoms with Crippen LogP contribution in [0.1, 0.15) is 5.56 Å². The number of esters is 2. The first-order valence-corrected chi connectivity index (χ1v) is 12.0. The van der Waals surface area contributed by atoms with Gasteiger partial charge in [0.2, 0.25) is 0 Å². The van der Waals surface area contributed by atoms with E-state index >= 15 is 0 Å². The average Bonchev–Trinajstić information content (AvgIpc) is 3.09. The van der Waals surface area contributed by atoms with E-state index in [4.69, 9.17) is 23.7 Å². The second-order valence-corrected chi connectivity index (χ2v) is 9.41. The van der Waals surface area contributed by atoms with Gasteiger partial charge in [-0.3, -0.25) is 0 Å². The quantitative estimate of drug-likeness (QED) is 0.256. The van der Waals surface area contributed by atoms with Gasteiger partial charge < -0.3 is 28.8 Å². The van der Waals surface area contributed by atoms with E-state index in [0.29, 0.717) is 5.75 Å². The molecule has 1 aliphatic heterocycles. The highest BCUT2D eigenvalue weighted by Crippen LogP contribution is 2.30. The molecule has 1 heterocycles. The highest BCUT2D eigenvalue weighted by Gasteiger charge is 2.54. The van der Waals surface area contributed by atoms with Crippen molar-refractivity contribution in [2.45, 2.75) is 23.8 Å². The summed E-state index contributed by atoms with van der Waals surface area (Å²) in [7, 11) is -2.06. The fourth-order valence-electron chi connectivity index (χ4n) is 3.09. The van der Waals surface area contributed by atoms with Gasteiger partial charge in [-0.05, 0) is 30.7 Å². The van der Waals surface area contributed by atoms with Gasteiger partial charge in [-0.15, -0.1) is 0 Å². The molecule has 0 amide bonds. The van der Waals surface area contributed by atoms with E-state index < -0.39 is 33.8 Å². The normalized spacial score (nSPS) is 15.9. The van der Waals surface area contributed by atoms with Crippen molar-refractivity contribution < 1.29 is 46.8 Å². The zero-order valence-electron chi connectivity index (χ0n) is 18.8. The molecule has 184 valence electrons. The maximum absolute atomic E-state index is 11.7. The predicted octanol–water partition coefficient (Wildman–Crippen LogP) is 0.569. The van der Waals surface area contributed by atoms with E-state index in [-0.39, 0.29) is 36.2 Å². The third-order valence-electron chi connectivity index (χ3n) is 4.88. The molecule has 0 saturated carbocycles. The van der Waals surface area contributed by atoms with Crippen molar-refractivity contribution in [2.75, 3.05) is 33.1 Å². The van der Waals surface area contributed by atoms with Crippen molar-refractivity contribution in [3.63, 3.8) is 0 Å². The highest BCUT2D eigenvalue weighted by atomic mass is 32.2. The second kappa shape index (κ2) is 10.3. The summed E-state index contributed by atoms with van der Waals surface area (Å²) in [6, 6.07) is 11.2. The molecule has 1 saturated heterocycles. The van der Waals surface area contributed by atoms with Crippen molar-refractivity contribution >= 4 is 21.8 Å². The Kier molecular flexibility index (Phi) is 7.64. The molecule has 1 fully saturated rings. The molecule has 0 spiro atoms. The number of carbonyl (C=O) groups excluding carboxylic acids is 2. The van der Waals surface area contributed by atoms with Crippen LogP contribution in [-0.4, -0.2) is 70.6 Å². The minimum Gasteiger partial charge on any atom is -0.493 e. The second-order valence-electron chi connectivity index (χ2n) is 7.40. The lowest BCUT2D eigenvalue weighted by Crippen LogP contribution is -2.58. The molecular formula is C22H25NO10S. The molecule has 0 bridgehead atoms. The van der Waals surface area contributed by atoms with Crippen LogP contribution in [0.4, 0.5) is 0 Å². The number of hydrogen-bond donors (Lipinski definition) is 2. The number of sulfone groups is 1. The van der Waals surface area contributed by atoms with E-state index in [9.17, 15) is 23.1 Å². The Hall–Kier alpha value is -3.35. The number of rotatable bonds is 11. The van der Waals surface area contributed by atoms with Crippen LogP contribution < -0.4 is 19.5 Å². The van der Waals surface area contributed by atoms with Crippen molar-refractivity contribution in [2.24, 2.45) is 0 Å². The van der Waals surface area contributed by atoms with E-state index in [1.54, 1.807) is 12.1 Å². The zero-order chi connectivity index (χ0) is 24.9. The van der Waals surface area contributed by atoms with Gasteiger partial charge in [-0.2, -0.15) is 0 Å². The lowest BCUT2D eigenvalue weighted by atomic mass is 10.2. The van der Waals surface area contributed by atoms with Crippen LogP contribution in [0.5, 0.6) is 17.2 Å². The molecule has 0 radical (unpaired) electrons. The molecule has 1 unspecified atom stereocenters. The Bertz CT molecular complexity index is 1150. The van der Waals surface area contributed by atoms with Gasteiger partial charge in [0, 0.05) is 18.9 Å². The minimum absolute atomic E-state index is 0.0427. The van der Waals surface area contributed by atoms with Crippen LogP contribution in [-0.2, 0) is 28.9 Å². The maximum atomic E-state index is 11.7. The van der Waals surface area contributed by atoms with E-state index in [0.717, 1.165) is 11.8 Å². The molecular weight excluding hydrogens is 470 g/mol. The van der Waals surface area contributed by atoms with Crippen molar-refractivity contribution in [1.82, 2.24) is 5.32 Å². The van der Waals surface area contributed by atoms with E-state index in [1.165, 1.54) is 25.3 Å². The smallest absolute Gasteiger partial charge is 0.422 e. The van der Waals surface area contributed by atoms with Crippen molar-refractivity contribution in [3.8, 4) is 17.2 Å². The molecule has 0 aromatic heterocycles. The molecule has 1 atom stereocenters. The first-order chi connectivity index (χ1) is 16.1. The van der Waals surface area contributed by atoms with Crippen molar-refractivity contribution in [3.05, 3.63) is 48.0 Å². The van der Waals surface area contributed by atoms with Crippen LogP contribution in [0.15, 0.2) is 47.4 Å². The lowest BCUT2D eigenvalue weighted by Gasteiger charge is -2.30. The summed E-state index contributed by atoms with van der Waals surface area (Å²) in [6.07, 6.45) is -0.490. The SMILES string of the molecule is COc1cc(S(C)(=O)=O)ccc1OCCNC1(C(O)COc2ccccc2C)OC(=O)C(=O)O1. The number of cyclic esters (lactones) is 2. The number of nitrogens with one attached hydrogen (secondary N) is 1. The Morgan fingerprint density at radius 3 is 2.32 bits per heavy atom. The predicted molar refractivity (Wildman–Crippen MR) is 117 cm³/mol. The van der Waals surface area contributed by atoms with Gasteiger partial charge in [0.05, 0.1) is 12.0 Å². The molecule has 1 aliphatic rings. The third kappa shape index (κ3) is 5.76. The molecule has 3 rings (SSSR count). The highest BCUT2D eigenvalue weighted by molar-refractivity contribution is 7.90. The zero-order valence-corrected chi connectivity index (χ0v) is 19.6. The molecule has 34 heavy (non-hydrogen) atoms. The summed E-state index contributed by atoms with van der Waals surface area (Å²) in [5.74, 6) is -3.73. The number of methoxy groups -OCH3 is 1. The summed E-state index contributed by atoms with van der Waals surface area (Å²) >= 11 is 0. The number of aryl methyl sites for hydroxylation is 1. The summed E-state index contributed by atoms with van der Waals surface area (Å²) in [5.41, 5.74) is 0.821. The van der Waals surface area contributed by atoms with E-state index in [1.807, 2.05) is 19.1 Å². The fourth-order valence-corrected chi connectivity index (χ4v) is 3.72. The summed E-state index contributed by atoms with van der Waals surface area (Å²) in [6.45, 7) is 1.38. The minimum atomic E-state index is -3.43. The van der Waals surface area contributed by atoms with Crippen LogP contribution in [0.3, 0.4) is 0 Å². The topological polar surface area (TPSA) is 147 Å². The summed E-state index contributed by atoms with van der Waals surface area (Å²) in [4.78, 5) is 23.4. The molecule has 2 aromatic rings. The number of benzene rings is 2. The van der Waals surface area contributed by atoms with Gasteiger partial charge in [0.25, 0.3) is 0 Å². The van der Waals surface area contributed by atoms with Crippen LogP contribution in [0, 0.1) is 6.92 Å². The fraction of sp³-hybridized carbons (Fsp3) is 0.364. The Morgan fingerprint density at radius 2 is 1.71 bits per heavy atom. The van der Waals surface area contributed by atoms with Crippen LogP contribution in [0.25, 0.3) is 0 Å². The van der Waals surface area contributed by atoms with Gasteiger partial charge in [-0.25, -0.2) is 23.3 Å². The Labute approximate surface area is 196 Å². The first-order valence-electron chi connectivity index (χ1n) is 10.1. The Morgan fingerprint density at radius 1 is 1.03 bits per heavy atom. The van der Waals surface area contributed by atoms with Gasteiger partial charge in [0.15, 0.2) is 27.4 Å². The standard InChI is InChI=1S/C22H25NO10S/c1-14-6-4-5-7-16(14)31-13-19(24)22(32-20(25)21(26)33-22)23-10-11-30-17-9-8-15(34(3,27)28)12-18(17)29-2/h4-9,12,19,23-24H,10-11,13H2,1-3H3. The molecule has 12 heteroatoms. The van der Waals surface area contributed by atoms with Gasteiger partial charge in [-0.1, -0.05) is 18.2 Å². The van der Waals surface area contributed by atoms with Crippen molar-refractivity contribution in [1.29, 1.82) is 0 Å². The average molecular weight is 496 g/mol. The number of ether oxygens (including phenoxy) is 5.